The summed E-state index contributed by atoms with van der Waals surface area (Å²) < 4.78 is 0. The summed E-state index contributed by atoms with van der Waals surface area (Å²) in [5, 5.41) is 11.0. The molecule has 0 aliphatic rings. The molecule has 1 aromatic rings. The molecule has 2 heteroatoms. The van der Waals surface area contributed by atoms with Gasteiger partial charge in [0.2, 0.25) is 0 Å². The predicted octanol–water partition coefficient (Wildman–Crippen LogP) is 3.30. The Hall–Kier alpha value is -1.75. The topological polar surface area (TPSA) is 32.6 Å². The van der Waals surface area contributed by atoms with Gasteiger partial charge in [-0.3, -0.25) is 0 Å². The number of hydrogen-bond acceptors (Lipinski definition) is 2. The lowest BCUT2D eigenvalue weighted by Gasteiger charge is -1.85. The maximum atomic E-state index is 8.09. The van der Waals surface area contributed by atoms with E-state index < -0.39 is 0 Å². The number of oxime groups is 1. The minimum absolute atomic E-state index is 0.903. The van der Waals surface area contributed by atoms with E-state index in [2.05, 4.69) is 23.9 Å². The van der Waals surface area contributed by atoms with E-state index in [9.17, 15) is 0 Å². The molecule has 0 unspecified atom stereocenters. The minimum Gasteiger partial charge on any atom is -0.411 e. The van der Waals surface area contributed by atoms with Crippen LogP contribution in [0.25, 0.3) is 0 Å². The van der Waals surface area contributed by atoms with E-state index in [4.69, 9.17) is 5.21 Å². The fourth-order valence-corrected chi connectivity index (χ4v) is 0.856. The first kappa shape index (κ1) is 13.2. The van der Waals surface area contributed by atoms with Crippen molar-refractivity contribution in [1.29, 1.82) is 0 Å². The molecule has 0 saturated carbocycles. The summed E-state index contributed by atoms with van der Waals surface area (Å²) in [4.78, 5) is 0. The first-order valence-electron chi connectivity index (χ1n) is 4.97. The lowest BCUT2D eigenvalue weighted by atomic mass is 10.2. The first-order chi connectivity index (χ1) is 7.35. The summed E-state index contributed by atoms with van der Waals surface area (Å²) in [7, 11) is 0. The van der Waals surface area contributed by atoms with Gasteiger partial charge in [0.1, 0.15) is 0 Å². The molecule has 0 aromatic heterocycles. The van der Waals surface area contributed by atoms with Crippen LogP contribution in [0.5, 0.6) is 0 Å². The SMILES string of the molecule is CC#CCCC.ON=Cc1ccccc1. The lowest BCUT2D eigenvalue weighted by Crippen LogP contribution is -1.76. The predicted molar refractivity (Wildman–Crippen MR) is 64.2 cm³/mol. The van der Waals surface area contributed by atoms with Crippen molar-refractivity contribution >= 4 is 6.21 Å². The molecule has 80 valence electrons. The summed E-state index contributed by atoms with van der Waals surface area (Å²) in [6.45, 7) is 4.00. The molecule has 0 amide bonds. The molecule has 0 atom stereocenters. The van der Waals surface area contributed by atoms with Gasteiger partial charge in [-0.1, -0.05) is 42.4 Å². The van der Waals surface area contributed by atoms with Gasteiger partial charge in [-0.05, 0) is 18.9 Å². The number of rotatable bonds is 2. The molecule has 0 heterocycles. The summed E-state index contributed by atoms with van der Waals surface area (Å²) in [5.74, 6) is 5.77. The molecule has 0 fully saturated rings. The highest BCUT2D eigenvalue weighted by Crippen LogP contribution is 1.92. The van der Waals surface area contributed by atoms with E-state index in [0.717, 1.165) is 12.0 Å². The van der Waals surface area contributed by atoms with Crippen molar-refractivity contribution < 1.29 is 5.21 Å². The van der Waals surface area contributed by atoms with Crippen LogP contribution in [0.15, 0.2) is 35.5 Å². The second-order valence-electron chi connectivity index (χ2n) is 2.83. The van der Waals surface area contributed by atoms with Crippen molar-refractivity contribution in [3.8, 4) is 11.8 Å². The molecule has 0 spiro atoms. The Morgan fingerprint density at radius 1 is 1.33 bits per heavy atom. The van der Waals surface area contributed by atoms with Crippen LogP contribution in [0.2, 0.25) is 0 Å². The van der Waals surface area contributed by atoms with Gasteiger partial charge >= 0.3 is 0 Å². The first-order valence-corrected chi connectivity index (χ1v) is 4.97. The minimum atomic E-state index is 0.903. The Bertz CT molecular complexity index is 319. The molecule has 1 aromatic carbocycles. The van der Waals surface area contributed by atoms with Crippen molar-refractivity contribution in [1.82, 2.24) is 0 Å². The van der Waals surface area contributed by atoms with Crippen LogP contribution in [0.3, 0.4) is 0 Å². The second-order valence-corrected chi connectivity index (χ2v) is 2.83. The highest BCUT2D eigenvalue weighted by Gasteiger charge is 1.79. The van der Waals surface area contributed by atoms with Gasteiger partial charge in [0.15, 0.2) is 0 Å². The molecule has 2 nitrogen and oxygen atoms in total. The molecule has 0 bridgehead atoms. The van der Waals surface area contributed by atoms with Crippen LogP contribution in [0.4, 0.5) is 0 Å². The van der Waals surface area contributed by atoms with E-state index in [1.165, 1.54) is 12.6 Å². The fraction of sp³-hybridized carbons (Fsp3) is 0.308. The van der Waals surface area contributed by atoms with E-state index >= 15 is 0 Å². The van der Waals surface area contributed by atoms with Crippen LogP contribution in [-0.4, -0.2) is 11.4 Å². The van der Waals surface area contributed by atoms with Crippen molar-refractivity contribution in [2.75, 3.05) is 0 Å². The van der Waals surface area contributed by atoms with Crippen LogP contribution >= 0.6 is 0 Å². The number of unbranched alkanes of at least 4 members (excludes halogenated alkanes) is 1. The average Bonchev–Trinajstić information content (AvgIpc) is 2.29. The van der Waals surface area contributed by atoms with Gasteiger partial charge in [-0.25, -0.2) is 0 Å². The van der Waals surface area contributed by atoms with Gasteiger partial charge in [0, 0.05) is 6.42 Å². The monoisotopic (exact) mass is 203 g/mol. The van der Waals surface area contributed by atoms with Crippen molar-refractivity contribution in [2.24, 2.45) is 5.16 Å². The summed E-state index contributed by atoms with van der Waals surface area (Å²) in [5.41, 5.74) is 0.903. The highest BCUT2D eigenvalue weighted by atomic mass is 16.4. The maximum Gasteiger partial charge on any atom is 0.0733 e. The molecule has 1 N–H and O–H groups in total. The third-order valence-corrected chi connectivity index (χ3v) is 1.56. The third-order valence-electron chi connectivity index (χ3n) is 1.56. The Morgan fingerprint density at radius 3 is 2.40 bits per heavy atom. The number of benzene rings is 1. The average molecular weight is 203 g/mol. The zero-order valence-electron chi connectivity index (χ0n) is 9.27. The van der Waals surface area contributed by atoms with Crippen LogP contribution in [0, 0.1) is 11.8 Å². The van der Waals surface area contributed by atoms with Crippen molar-refractivity contribution in [3.05, 3.63) is 35.9 Å². The van der Waals surface area contributed by atoms with E-state index in [1.807, 2.05) is 37.3 Å². The van der Waals surface area contributed by atoms with Gasteiger partial charge in [0.25, 0.3) is 0 Å². The number of nitrogens with zero attached hydrogens (tertiary/aromatic N) is 1. The van der Waals surface area contributed by atoms with Gasteiger partial charge < -0.3 is 5.21 Å². The van der Waals surface area contributed by atoms with Crippen molar-refractivity contribution in [3.63, 3.8) is 0 Å². The quantitative estimate of drug-likeness (QED) is 0.340. The Kier molecular flexibility index (Phi) is 9.13. The molecular weight excluding hydrogens is 186 g/mol. The summed E-state index contributed by atoms with van der Waals surface area (Å²) >= 11 is 0. The lowest BCUT2D eigenvalue weighted by molar-refractivity contribution is 0.322. The molecule has 15 heavy (non-hydrogen) atoms. The maximum absolute atomic E-state index is 8.09. The smallest absolute Gasteiger partial charge is 0.0733 e. The molecule has 0 aliphatic carbocycles. The van der Waals surface area contributed by atoms with Crippen LogP contribution < -0.4 is 0 Å². The summed E-state index contributed by atoms with van der Waals surface area (Å²) in [6, 6.07) is 9.40. The second kappa shape index (κ2) is 10.3. The zero-order chi connectivity index (χ0) is 11.4. The normalized spacial score (nSPS) is 8.67. The molecule has 1 rings (SSSR count). The van der Waals surface area contributed by atoms with Gasteiger partial charge in [-0.2, -0.15) is 0 Å². The van der Waals surface area contributed by atoms with E-state index in [-0.39, 0.29) is 0 Å². The molecule has 0 radical (unpaired) electrons. The fourth-order valence-electron chi connectivity index (χ4n) is 0.856. The van der Waals surface area contributed by atoms with Gasteiger partial charge in [-0.15, -0.1) is 11.8 Å². The van der Waals surface area contributed by atoms with Crippen LogP contribution in [-0.2, 0) is 0 Å². The zero-order valence-corrected chi connectivity index (χ0v) is 9.27. The third kappa shape index (κ3) is 8.58. The molecule has 0 aliphatic heterocycles. The van der Waals surface area contributed by atoms with E-state index in [1.54, 1.807) is 0 Å². The number of hydrogen-bond donors (Lipinski definition) is 1. The largest absolute Gasteiger partial charge is 0.411 e. The highest BCUT2D eigenvalue weighted by molar-refractivity contribution is 5.78. The Morgan fingerprint density at radius 2 is 2.00 bits per heavy atom. The Balaban J connectivity index is 0.000000288. The molecular formula is C13H17NO. The summed E-state index contributed by atoms with van der Waals surface area (Å²) in [6.07, 6.45) is 3.62. The van der Waals surface area contributed by atoms with Crippen molar-refractivity contribution in [2.45, 2.75) is 26.7 Å². The Labute approximate surface area is 91.6 Å². The molecule has 0 saturated heterocycles. The standard InChI is InChI=1S/C7H7NO.C6H10/c9-8-6-7-4-2-1-3-5-7;1-3-5-6-4-2/h1-6,9H;3,5H2,1-2H3. The van der Waals surface area contributed by atoms with Crippen LogP contribution in [0.1, 0.15) is 32.3 Å². The van der Waals surface area contributed by atoms with Gasteiger partial charge in [0.05, 0.1) is 6.21 Å². The van der Waals surface area contributed by atoms with E-state index in [0.29, 0.717) is 0 Å².